The van der Waals surface area contributed by atoms with Crippen molar-refractivity contribution >= 4 is 35.1 Å². The third kappa shape index (κ3) is 5.13. The number of amides is 1. The number of nitrogens with two attached hydrogens (primary N) is 1. The Bertz CT molecular complexity index is 806. The van der Waals surface area contributed by atoms with Gasteiger partial charge in [-0.2, -0.15) is 0 Å². The van der Waals surface area contributed by atoms with Crippen molar-refractivity contribution in [1.82, 2.24) is 9.97 Å². The third-order valence-electron chi connectivity index (χ3n) is 2.74. The number of hydrogen-bond acceptors (Lipinski definition) is 7. The van der Waals surface area contributed by atoms with Crippen molar-refractivity contribution in [3.8, 4) is 0 Å². The number of aromatic amines is 1. The van der Waals surface area contributed by atoms with E-state index in [1.54, 1.807) is 25.1 Å². The van der Waals surface area contributed by atoms with Gasteiger partial charge in [0.1, 0.15) is 5.82 Å². The minimum Gasteiger partial charge on any atom is -0.462 e. The first-order chi connectivity index (χ1) is 11.5. The van der Waals surface area contributed by atoms with E-state index in [4.69, 9.17) is 10.5 Å². The lowest BCUT2D eigenvalue weighted by molar-refractivity contribution is -0.113. The SMILES string of the molecule is CCOC(=O)c1cccc(NC(=O)CSc2nc(N)cc(=O)[nH]2)c1. The molecule has 0 atom stereocenters. The zero-order valence-corrected chi connectivity index (χ0v) is 13.7. The van der Waals surface area contributed by atoms with Gasteiger partial charge < -0.3 is 20.8 Å². The molecule has 0 aliphatic carbocycles. The fraction of sp³-hybridized carbons (Fsp3) is 0.200. The second-order valence-electron chi connectivity index (χ2n) is 4.61. The highest BCUT2D eigenvalue weighted by Gasteiger charge is 2.09. The number of rotatable bonds is 6. The second kappa shape index (κ2) is 8.16. The van der Waals surface area contributed by atoms with Crippen molar-refractivity contribution in [3.63, 3.8) is 0 Å². The van der Waals surface area contributed by atoms with Crippen molar-refractivity contribution in [2.24, 2.45) is 0 Å². The van der Waals surface area contributed by atoms with Gasteiger partial charge >= 0.3 is 5.97 Å². The van der Waals surface area contributed by atoms with Crippen LogP contribution in [0.25, 0.3) is 0 Å². The maximum atomic E-state index is 12.0. The number of carbonyl (C=O) groups excluding carboxylic acids is 2. The fourth-order valence-electron chi connectivity index (χ4n) is 1.79. The van der Waals surface area contributed by atoms with Crippen LogP contribution in [0, 0.1) is 0 Å². The van der Waals surface area contributed by atoms with Gasteiger partial charge in [-0.15, -0.1) is 0 Å². The minimum atomic E-state index is -0.454. The lowest BCUT2D eigenvalue weighted by Gasteiger charge is -2.07. The number of nitrogen functional groups attached to an aromatic ring is 1. The molecule has 0 aliphatic heterocycles. The molecule has 1 aromatic heterocycles. The normalized spacial score (nSPS) is 10.2. The zero-order valence-electron chi connectivity index (χ0n) is 12.9. The predicted octanol–water partition coefficient (Wildman–Crippen LogP) is 1.26. The topological polar surface area (TPSA) is 127 Å². The molecule has 1 aromatic carbocycles. The number of hydrogen-bond donors (Lipinski definition) is 3. The van der Waals surface area contributed by atoms with Gasteiger partial charge in [0.05, 0.1) is 17.9 Å². The molecule has 2 aromatic rings. The highest BCUT2D eigenvalue weighted by molar-refractivity contribution is 7.99. The third-order valence-corrected chi connectivity index (χ3v) is 3.61. The van der Waals surface area contributed by atoms with E-state index >= 15 is 0 Å². The smallest absolute Gasteiger partial charge is 0.338 e. The van der Waals surface area contributed by atoms with Crippen molar-refractivity contribution in [2.75, 3.05) is 23.4 Å². The number of esters is 1. The number of nitrogens with zero attached hydrogens (tertiary/aromatic N) is 1. The van der Waals surface area contributed by atoms with Gasteiger partial charge in [0.25, 0.3) is 5.56 Å². The van der Waals surface area contributed by atoms with E-state index in [0.717, 1.165) is 17.8 Å². The largest absolute Gasteiger partial charge is 0.462 e. The Hall–Kier alpha value is -2.81. The Balaban J connectivity index is 1.96. The molecule has 0 fully saturated rings. The average Bonchev–Trinajstić information content (AvgIpc) is 2.52. The lowest BCUT2D eigenvalue weighted by Crippen LogP contribution is -2.16. The molecule has 1 amide bonds. The van der Waals surface area contributed by atoms with E-state index in [0.29, 0.717) is 11.3 Å². The van der Waals surface area contributed by atoms with Crippen LogP contribution in [0.3, 0.4) is 0 Å². The zero-order chi connectivity index (χ0) is 17.5. The monoisotopic (exact) mass is 348 g/mol. The van der Waals surface area contributed by atoms with Gasteiger partial charge in [0.2, 0.25) is 5.91 Å². The van der Waals surface area contributed by atoms with Crippen molar-refractivity contribution in [1.29, 1.82) is 0 Å². The highest BCUT2D eigenvalue weighted by atomic mass is 32.2. The molecule has 0 aliphatic rings. The van der Waals surface area contributed by atoms with Crippen LogP contribution < -0.4 is 16.6 Å². The number of benzene rings is 1. The Morgan fingerprint density at radius 1 is 1.38 bits per heavy atom. The van der Waals surface area contributed by atoms with E-state index in [1.165, 1.54) is 6.07 Å². The van der Waals surface area contributed by atoms with Gasteiger partial charge in [0, 0.05) is 11.8 Å². The molecule has 4 N–H and O–H groups in total. The first kappa shape index (κ1) is 17.5. The highest BCUT2D eigenvalue weighted by Crippen LogP contribution is 2.15. The summed E-state index contributed by atoms with van der Waals surface area (Å²) in [7, 11) is 0. The van der Waals surface area contributed by atoms with Crippen molar-refractivity contribution in [3.05, 3.63) is 46.2 Å². The average molecular weight is 348 g/mol. The second-order valence-corrected chi connectivity index (χ2v) is 5.58. The summed E-state index contributed by atoms with van der Waals surface area (Å²) in [6.45, 7) is 1.99. The maximum absolute atomic E-state index is 12.0. The Kier molecular flexibility index (Phi) is 5.96. The van der Waals surface area contributed by atoms with E-state index in [9.17, 15) is 14.4 Å². The number of aromatic nitrogens is 2. The van der Waals surface area contributed by atoms with Crippen LogP contribution in [0.15, 0.2) is 40.3 Å². The van der Waals surface area contributed by atoms with Crippen LogP contribution in [-0.2, 0) is 9.53 Å². The number of carbonyl (C=O) groups is 2. The molecule has 1 heterocycles. The Morgan fingerprint density at radius 3 is 2.88 bits per heavy atom. The Labute approximate surface area is 141 Å². The molecule has 2 rings (SSSR count). The summed E-state index contributed by atoms with van der Waals surface area (Å²) in [6.07, 6.45) is 0. The van der Waals surface area contributed by atoms with Gasteiger partial charge in [-0.25, -0.2) is 9.78 Å². The van der Waals surface area contributed by atoms with Crippen LogP contribution in [0.5, 0.6) is 0 Å². The van der Waals surface area contributed by atoms with Crippen LogP contribution in [0.2, 0.25) is 0 Å². The molecule has 0 spiro atoms. The van der Waals surface area contributed by atoms with Gasteiger partial charge in [-0.3, -0.25) is 9.59 Å². The molecule has 0 bridgehead atoms. The minimum absolute atomic E-state index is 0.0238. The van der Waals surface area contributed by atoms with Crippen LogP contribution in [0.1, 0.15) is 17.3 Å². The van der Waals surface area contributed by atoms with Crippen molar-refractivity contribution < 1.29 is 14.3 Å². The summed E-state index contributed by atoms with van der Waals surface area (Å²) in [5.74, 6) is -0.657. The molecule has 8 nitrogen and oxygen atoms in total. The summed E-state index contributed by atoms with van der Waals surface area (Å²) < 4.78 is 4.91. The standard InChI is InChI=1S/C15H16N4O4S/c1-2-23-14(22)9-4-3-5-10(6-9)17-13(21)8-24-15-18-11(16)7-12(20)19-15/h3-7H,2,8H2,1H3,(H,17,21)(H3,16,18,19,20). The maximum Gasteiger partial charge on any atom is 0.338 e. The van der Waals surface area contributed by atoms with E-state index in [2.05, 4.69) is 15.3 Å². The first-order valence-corrected chi connectivity index (χ1v) is 8.03. The van der Waals surface area contributed by atoms with Gasteiger partial charge in [-0.1, -0.05) is 17.8 Å². The molecule has 0 saturated heterocycles. The summed E-state index contributed by atoms with van der Waals surface area (Å²) in [4.78, 5) is 41.3. The van der Waals surface area contributed by atoms with E-state index in [1.807, 2.05) is 0 Å². The molecule has 126 valence electrons. The summed E-state index contributed by atoms with van der Waals surface area (Å²) in [6, 6.07) is 7.59. The molecule has 0 saturated carbocycles. The van der Waals surface area contributed by atoms with E-state index in [-0.39, 0.29) is 34.8 Å². The number of ether oxygens (including phenoxy) is 1. The van der Waals surface area contributed by atoms with Crippen LogP contribution in [0.4, 0.5) is 11.5 Å². The van der Waals surface area contributed by atoms with Gasteiger partial charge in [0.15, 0.2) is 5.16 Å². The molecular weight excluding hydrogens is 332 g/mol. The van der Waals surface area contributed by atoms with Crippen LogP contribution in [-0.4, -0.2) is 34.2 Å². The molecule has 9 heteroatoms. The molecule has 0 unspecified atom stereocenters. The quantitative estimate of drug-likeness (QED) is 0.407. The van der Waals surface area contributed by atoms with Crippen molar-refractivity contribution in [2.45, 2.75) is 12.1 Å². The molecule has 0 radical (unpaired) electrons. The number of thioether (sulfide) groups is 1. The fourth-order valence-corrected chi connectivity index (χ4v) is 2.47. The first-order valence-electron chi connectivity index (χ1n) is 7.04. The predicted molar refractivity (Wildman–Crippen MR) is 91.0 cm³/mol. The van der Waals surface area contributed by atoms with Crippen LogP contribution >= 0.6 is 11.8 Å². The number of anilines is 2. The number of H-pyrrole nitrogens is 1. The molecule has 24 heavy (non-hydrogen) atoms. The summed E-state index contributed by atoms with van der Waals surface area (Å²) in [5, 5.41) is 2.92. The lowest BCUT2D eigenvalue weighted by atomic mass is 10.2. The Morgan fingerprint density at radius 2 is 2.17 bits per heavy atom. The summed E-state index contributed by atoms with van der Waals surface area (Å²) in [5.41, 5.74) is 5.91. The molecular formula is C15H16N4O4S. The van der Waals surface area contributed by atoms with E-state index < -0.39 is 5.97 Å². The number of nitrogens with one attached hydrogen (secondary N) is 2. The summed E-state index contributed by atoms with van der Waals surface area (Å²) >= 11 is 1.04. The van der Waals surface area contributed by atoms with Gasteiger partial charge in [-0.05, 0) is 25.1 Å².